The fourth-order valence-corrected chi connectivity index (χ4v) is 4.22. The van der Waals surface area contributed by atoms with Crippen molar-refractivity contribution in [1.29, 1.82) is 0 Å². The summed E-state index contributed by atoms with van der Waals surface area (Å²) in [6.45, 7) is 2.16. The molecule has 0 radical (unpaired) electrons. The molecule has 0 bridgehead atoms. The molecular formula is C12H15BrN2O3S. The molecule has 1 fully saturated rings. The van der Waals surface area contributed by atoms with E-state index in [0.29, 0.717) is 19.4 Å². The summed E-state index contributed by atoms with van der Waals surface area (Å²) >= 11 is 3.33. The van der Waals surface area contributed by atoms with Crippen LogP contribution in [0, 0.1) is 6.92 Å². The third-order valence-electron chi connectivity index (χ3n) is 3.27. The lowest BCUT2D eigenvalue weighted by molar-refractivity contribution is -0.121. The molecule has 1 amide bonds. The summed E-state index contributed by atoms with van der Waals surface area (Å²) in [6.07, 6.45) is 1.15. The van der Waals surface area contributed by atoms with Crippen LogP contribution in [0.5, 0.6) is 0 Å². The molecule has 1 heterocycles. The zero-order valence-corrected chi connectivity index (χ0v) is 12.9. The number of sulfonamides is 1. The average Bonchev–Trinajstić information content (AvgIpc) is 2.82. The standard InChI is InChI=1S/C12H15BrN2O3S/c1-8-7-9(4-5-10(8)13)19(17,18)15-6-2-3-11(15)12(14)16/h4-5,7,11H,2-3,6H2,1H3,(H2,14,16). The lowest BCUT2D eigenvalue weighted by atomic mass is 10.2. The first-order chi connectivity index (χ1) is 8.84. The molecule has 104 valence electrons. The molecule has 0 aliphatic carbocycles. The highest BCUT2D eigenvalue weighted by atomic mass is 79.9. The summed E-state index contributed by atoms with van der Waals surface area (Å²) < 4.78 is 27.1. The highest BCUT2D eigenvalue weighted by Gasteiger charge is 2.38. The molecule has 1 saturated heterocycles. The Bertz CT molecular complexity index is 615. The van der Waals surface area contributed by atoms with Gasteiger partial charge in [0.05, 0.1) is 4.90 Å². The van der Waals surface area contributed by atoms with E-state index in [1.54, 1.807) is 12.1 Å². The smallest absolute Gasteiger partial charge is 0.243 e. The zero-order valence-electron chi connectivity index (χ0n) is 10.5. The van der Waals surface area contributed by atoms with E-state index in [4.69, 9.17) is 5.73 Å². The second-order valence-electron chi connectivity index (χ2n) is 4.59. The second kappa shape index (κ2) is 5.22. The number of benzene rings is 1. The average molecular weight is 347 g/mol. The molecule has 0 saturated carbocycles. The van der Waals surface area contributed by atoms with E-state index in [-0.39, 0.29) is 4.90 Å². The number of nitrogens with zero attached hydrogens (tertiary/aromatic N) is 1. The van der Waals surface area contributed by atoms with Crippen LogP contribution >= 0.6 is 15.9 Å². The van der Waals surface area contributed by atoms with Crippen LogP contribution in [0.1, 0.15) is 18.4 Å². The number of rotatable bonds is 3. The molecule has 19 heavy (non-hydrogen) atoms. The number of carbonyl (C=O) groups is 1. The molecule has 1 aliphatic rings. The maximum atomic E-state index is 12.5. The predicted molar refractivity (Wildman–Crippen MR) is 75.0 cm³/mol. The van der Waals surface area contributed by atoms with Crippen molar-refractivity contribution < 1.29 is 13.2 Å². The lowest BCUT2D eigenvalue weighted by Gasteiger charge is -2.21. The first-order valence-corrected chi connectivity index (χ1v) is 8.14. The van der Waals surface area contributed by atoms with E-state index >= 15 is 0 Å². The maximum Gasteiger partial charge on any atom is 0.243 e. The Morgan fingerprint density at radius 3 is 2.74 bits per heavy atom. The Balaban J connectivity index is 2.42. The molecular weight excluding hydrogens is 332 g/mol. The van der Waals surface area contributed by atoms with Crippen LogP contribution in [0.2, 0.25) is 0 Å². The number of aryl methyl sites for hydroxylation is 1. The van der Waals surface area contributed by atoms with Crippen molar-refractivity contribution in [2.45, 2.75) is 30.7 Å². The number of primary amides is 1. The van der Waals surface area contributed by atoms with Crippen molar-refractivity contribution in [3.63, 3.8) is 0 Å². The summed E-state index contributed by atoms with van der Waals surface area (Å²) in [7, 11) is -3.66. The number of nitrogens with two attached hydrogens (primary N) is 1. The SMILES string of the molecule is Cc1cc(S(=O)(=O)N2CCCC2C(N)=O)ccc1Br. The largest absolute Gasteiger partial charge is 0.368 e. The lowest BCUT2D eigenvalue weighted by Crippen LogP contribution is -2.43. The first-order valence-electron chi connectivity index (χ1n) is 5.91. The predicted octanol–water partition coefficient (Wildman–Crippen LogP) is 1.40. The fraction of sp³-hybridized carbons (Fsp3) is 0.417. The quantitative estimate of drug-likeness (QED) is 0.897. The van der Waals surface area contributed by atoms with E-state index in [2.05, 4.69) is 15.9 Å². The minimum atomic E-state index is -3.66. The van der Waals surface area contributed by atoms with Crippen LogP contribution in [0.3, 0.4) is 0 Å². The van der Waals surface area contributed by atoms with Gasteiger partial charge in [0, 0.05) is 11.0 Å². The number of halogens is 1. The molecule has 2 N–H and O–H groups in total. The van der Waals surface area contributed by atoms with Gasteiger partial charge in [0.2, 0.25) is 15.9 Å². The highest BCUT2D eigenvalue weighted by molar-refractivity contribution is 9.10. The summed E-state index contributed by atoms with van der Waals surface area (Å²) in [5.41, 5.74) is 6.09. The van der Waals surface area contributed by atoms with Crippen LogP contribution in [0.4, 0.5) is 0 Å². The van der Waals surface area contributed by atoms with Crippen molar-refractivity contribution in [3.05, 3.63) is 28.2 Å². The third kappa shape index (κ3) is 2.68. The van der Waals surface area contributed by atoms with Gasteiger partial charge in [0.1, 0.15) is 6.04 Å². The molecule has 2 rings (SSSR count). The Hall–Kier alpha value is -0.920. The Labute approximate surface area is 121 Å². The molecule has 1 atom stereocenters. The van der Waals surface area contributed by atoms with Crippen molar-refractivity contribution in [2.75, 3.05) is 6.54 Å². The molecule has 1 aromatic carbocycles. The van der Waals surface area contributed by atoms with Gasteiger partial charge in [0.15, 0.2) is 0 Å². The van der Waals surface area contributed by atoms with Crippen LogP contribution in [0.15, 0.2) is 27.6 Å². The Morgan fingerprint density at radius 1 is 1.47 bits per heavy atom. The van der Waals surface area contributed by atoms with Crippen molar-refractivity contribution in [3.8, 4) is 0 Å². The van der Waals surface area contributed by atoms with Crippen LogP contribution in [-0.4, -0.2) is 31.2 Å². The van der Waals surface area contributed by atoms with Gasteiger partial charge in [-0.2, -0.15) is 4.31 Å². The molecule has 1 unspecified atom stereocenters. The Morgan fingerprint density at radius 2 is 2.16 bits per heavy atom. The molecule has 1 aliphatic heterocycles. The molecule has 1 aromatic rings. The number of hydrogen-bond acceptors (Lipinski definition) is 3. The molecule has 5 nitrogen and oxygen atoms in total. The highest BCUT2D eigenvalue weighted by Crippen LogP contribution is 2.28. The number of hydrogen-bond donors (Lipinski definition) is 1. The van der Waals surface area contributed by atoms with Gasteiger partial charge in [-0.3, -0.25) is 4.79 Å². The van der Waals surface area contributed by atoms with Crippen molar-refractivity contribution in [2.24, 2.45) is 5.73 Å². The van der Waals surface area contributed by atoms with Crippen LogP contribution < -0.4 is 5.73 Å². The van der Waals surface area contributed by atoms with E-state index in [1.165, 1.54) is 10.4 Å². The maximum absolute atomic E-state index is 12.5. The van der Waals surface area contributed by atoms with E-state index in [9.17, 15) is 13.2 Å². The van der Waals surface area contributed by atoms with Gasteiger partial charge in [-0.15, -0.1) is 0 Å². The minimum Gasteiger partial charge on any atom is -0.368 e. The van der Waals surface area contributed by atoms with Gasteiger partial charge >= 0.3 is 0 Å². The first kappa shape index (κ1) is 14.5. The van der Waals surface area contributed by atoms with Crippen LogP contribution in [-0.2, 0) is 14.8 Å². The summed E-state index contributed by atoms with van der Waals surface area (Å²) in [5, 5.41) is 0. The van der Waals surface area contributed by atoms with E-state index < -0.39 is 22.0 Å². The van der Waals surface area contributed by atoms with Gasteiger partial charge in [0.25, 0.3) is 0 Å². The van der Waals surface area contributed by atoms with Gasteiger partial charge in [-0.1, -0.05) is 15.9 Å². The zero-order chi connectivity index (χ0) is 14.2. The van der Waals surface area contributed by atoms with Crippen LogP contribution in [0.25, 0.3) is 0 Å². The minimum absolute atomic E-state index is 0.196. The summed E-state index contributed by atoms with van der Waals surface area (Å²) in [5.74, 6) is -0.588. The number of carbonyl (C=O) groups excluding carboxylic acids is 1. The van der Waals surface area contributed by atoms with Gasteiger partial charge < -0.3 is 5.73 Å². The second-order valence-corrected chi connectivity index (χ2v) is 7.33. The fourth-order valence-electron chi connectivity index (χ4n) is 2.23. The van der Waals surface area contributed by atoms with Gasteiger partial charge in [-0.05, 0) is 43.5 Å². The van der Waals surface area contributed by atoms with Crippen molar-refractivity contribution >= 4 is 31.9 Å². The molecule has 0 spiro atoms. The summed E-state index contributed by atoms with van der Waals surface area (Å²) in [6, 6.07) is 4.09. The number of amides is 1. The van der Waals surface area contributed by atoms with E-state index in [0.717, 1.165) is 10.0 Å². The third-order valence-corrected chi connectivity index (χ3v) is 6.06. The molecule has 0 aromatic heterocycles. The monoisotopic (exact) mass is 346 g/mol. The van der Waals surface area contributed by atoms with E-state index in [1.807, 2.05) is 6.92 Å². The van der Waals surface area contributed by atoms with Gasteiger partial charge in [-0.25, -0.2) is 8.42 Å². The Kier molecular flexibility index (Phi) is 3.98. The topological polar surface area (TPSA) is 80.5 Å². The van der Waals surface area contributed by atoms with Crippen molar-refractivity contribution in [1.82, 2.24) is 4.31 Å². The summed E-state index contributed by atoms with van der Waals surface area (Å²) in [4.78, 5) is 11.5. The molecule has 7 heteroatoms. The normalized spacial score (nSPS) is 20.6.